The molecular weight excluding hydrogens is 328 g/mol. The first-order valence-corrected chi connectivity index (χ1v) is 8.77. The zero-order valence-corrected chi connectivity index (χ0v) is 14.0. The second kappa shape index (κ2) is 6.64. The highest BCUT2D eigenvalue weighted by atomic mass is 32.2. The number of hydrogen-bond acceptors (Lipinski definition) is 5. The Balaban J connectivity index is 1.82. The lowest BCUT2D eigenvalue weighted by atomic mass is 9.91. The lowest BCUT2D eigenvalue weighted by Crippen LogP contribution is -2.56. The van der Waals surface area contributed by atoms with Crippen molar-refractivity contribution >= 4 is 23.6 Å². The van der Waals surface area contributed by atoms with E-state index in [1.165, 1.54) is 6.33 Å². The van der Waals surface area contributed by atoms with Crippen molar-refractivity contribution in [1.82, 2.24) is 20.1 Å². The van der Waals surface area contributed by atoms with Crippen LogP contribution in [0.3, 0.4) is 0 Å². The highest BCUT2D eigenvalue weighted by molar-refractivity contribution is 7.99. The Kier molecular flexibility index (Phi) is 4.57. The number of aliphatic carboxylic acids is 1. The maximum atomic E-state index is 12.6. The molecule has 3 rings (SSSR count). The third kappa shape index (κ3) is 3.14. The molecule has 1 amide bonds. The molecule has 24 heavy (non-hydrogen) atoms. The summed E-state index contributed by atoms with van der Waals surface area (Å²) in [7, 11) is 0. The number of nitrogens with one attached hydrogen (secondary N) is 1. The van der Waals surface area contributed by atoms with Crippen molar-refractivity contribution in [3.05, 3.63) is 42.0 Å². The van der Waals surface area contributed by atoms with Crippen LogP contribution in [0.15, 0.2) is 30.9 Å². The van der Waals surface area contributed by atoms with Crippen LogP contribution in [0.4, 0.5) is 0 Å². The standard InChI is InChI=1S/C16H18N4O3S/c1-11-8-12(2-3-13(11)20-10-17-9-18-20)14(21)19-16(15(22)23)4-6-24-7-5-16/h2-3,8-10H,4-7H2,1H3,(H,19,21)(H,22,23). The Morgan fingerprint density at radius 2 is 2.08 bits per heavy atom. The number of carbonyl (C=O) groups is 2. The van der Waals surface area contributed by atoms with Crippen LogP contribution in [-0.4, -0.2) is 48.8 Å². The number of carboxylic acids is 1. The van der Waals surface area contributed by atoms with Crippen LogP contribution >= 0.6 is 11.8 Å². The maximum Gasteiger partial charge on any atom is 0.329 e. The van der Waals surface area contributed by atoms with Gasteiger partial charge in [-0.3, -0.25) is 4.79 Å². The summed E-state index contributed by atoms with van der Waals surface area (Å²) in [6.45, 7) is 1.87. The SMILES string of the molecule is Cc1cc(C(=O)NC2(C(=O)O)CCSCC2)ccc1-n1cncn1. The monoisotopic (exact) mass is 346 g/mol. The van der Waals surface area contributed by atoms with Gasteiger partial charge in [0.05, 0.1) is 5.69 Å². The summed E-state index contributed by atoms with van der Waals surface area (Å²) in [5.41, 5.74) is 0.957. The molecule has 0 aliphatic carbocycles. The number of carbonyl (C=O) groups excluding carboxylic acids is 1. The van der Waals surface area contributed by atoms with E-state index in [0.717, 1.165) is 22.8 Å². The highest BCUT2D eigenvalue weighted by Crippen LogP contribution is 2.28. The van der Waals surface area contributed by atoms with E-state index in [2.05, 4.69) is 15.4 Å². The van der Waals surface area contributed by atoms with Gasteiger partial charge in [-0.1, -0.05) is 0 Å². The zero-order valence-electron chi connectivity index (χ0n) is 13.2. The van der Waals surface area contributed by atoms with E-state index in [1.807, 2.05) is 6.92 Å². The minimum absolute atomic E-state index is 0.363. The van der Waals surface area contributed by atoms with Gasteiger partial charge in [0, 0.05) is 5.56 Å². The van der Waals surface area contributed by atoms with E-state index in [0.29, 0.717) is 18.4 Å². The Bertz CT molecular complexity index is 755. The largest absolute Gasteiger partial charge is 0.480 e. The van der Waals surface area contributed by atoms with E-state index in [9.17, 15) is 14.7 Å². The van der Waals surface area contributed by atoms with Crippen molar-refractivity contribution in [1.29, 1.82) is 0 Å². The first kappa shape index (κ1) is 16.5. The number of rotatable bonds is 4. The Morgan fingerprint density at radius 1 is 1.33 bits per heavy atom. The van der Waals surface area contributed by atoms with Crippen molar-refractivity contribution in [2.75, 3.05) is 11.5 Å². The molecule has 1 saturated heterocycles. The predicted octanol–water partition coefficient (Wildman–Crippen LogP) is 1.66. The lowest BCUT2D eigenvalue weighted by Gasteiger charge is -2.33. The van der Waals surface area contributed by atoms with Gasteiger partial charge in [0.25, 0.3) is 5.91 Å². The number of nitrogens with zero attached hydrogens (tertiary/aromatic N) is 3. The summed E-state index contributed by atoms with van der Waals surface area (Å²) in [6, 6.07) is 5.19. The summed E-state index contributed by atoms with van der Waals surface area (Å²) >= 11 is 1.71. The number of aryl methyl sites for hydroxylation is 1. The second-order valence-electron chi connectivity index (χ2n) is 5.80. The fourth-order valence-electron chi connectivity index (χ4n) is 2.79. The molecule has 8 heteroatoms. The molecule has 0 atom stereocenters. The molecule has 2 aromatic rings. The smallest absolute Gasteiger partial charge is 0.329 e. The first-order valence-electron chi connectivity index (χ1n) is 7.61. The van der Waals surface area contributed by atoms with Gasteiger partial charge in [-0.05, 0) is 55.0 Å². The minimum atomic E-state index is -1.17. The van der Waals surface area contributed by atoms with Crippen LogP contribution in [0.25, 0.3) is 5.69 Å². The average Bonchev–Trinajstić information content (AvgIpc) is 3.09. The summed E-state index contributed by atoms with van der Waals surface area (Å²) in [4.78, 5) is 28.1. The summed E-state index contributed by atoms with van der Waals surface area (Å²) in [5, 5.41) is 16.4. The Labute approximate surface area is 143 Å². The molecular formula is C16H18N4O3S. The van der Waals surface area contributed by atoms with Gasteiger partial charge >= 0.3 is 5.97 Å². The van der Waals surface area contributed by atoms with Gasteiger partial charge in [0.1, 0.15) is 18.2 Å². The van der Waals surface area contributed by atoms with E-state index >= 15 is 0 Å². The molecule has 7 nitrogen and oxygen atoms in total. The molecule has 2 heterocycles. The van der Waals surface area contributed by atoms with E-state index < -0.39 is 11.5 Å². The fourth-order valence-corrected chi connectivity index (χ4v) is 3.98. The van der Waals surface area contributed by atoms with Gasteiger partial charge in [-0.25, -0.2) is 14.5 Å². The van der Waals surface area contributed by atoms with Crippen molar-refractivity contribution in [3.63, 3.8) is 0 Å². The highest BCUT2D eigenvalue weighted by Gasteiger charge is 2.41. The van der Waals surface area contributed by atoms with Gasteiger partial charge in [0.2, 0.25) is 0 Å². The lowest BCUT2D eigenvalue weighted by molar-refractivity contribution is -0.144. The topological polar surface area (TPSA) is 97.1 Å². The third-order valence-electron chi connectivity index (χ3n) is 4.23. The van der Waals surface area contributed by atoms with Crippen LogP contribution in [0.5, 0.6) is 0 Å². The van der Waals surface area contributed by atoms with E-state index in [1.54, 1.807) is 41.0 Å². The van der Waals surface area contributed by atoms with Gasteiger partial charge in [0.15, 0.2) is 0 Å². The van der Waals surface area contributed by atoms with Crippen molar-refractivity contribution in [2.24, 2.45) is 0 Å². The zero-order chi connectivity index (χ0) is 17.2. The van der Waals surface area contributed by atoms with Crippen LogP contribution in [0.1, 0.15) is 28.8 Å². The van der Waals surface area contributed by atoms with Crippen molar-refractivity contribution < 1.29 is 14.7 Å². The molecule has 1 fully saturated rings. The third-order valence-corrected chi connectivity index (χ3v) is 5.22. The molecule has 1 aromatic carbocycles. The van der Waals surface area contributed by atoms with Crippen molar-refractivity contribution in [2.45, 2.75) is 25.3 Å². The quantitative estimate of drug-likeness (QED) is 0.874. The number of amides is 1. The summed E-state index contributed by atoms with van der Waals surface area (Å²) < 4.78 is 1.62. The van der Waals surface area contributed by atoms with Crippen LogP contribution in [0.2, 0.25) is 0 Å². The van der Waals surface area contributed by atoms with Crippen LogP contribution < -0.4 is 5.32 Å². The van der Waals surface area contributed by atoms with Crippen LogP contribution in [-0.2, 0) is 4.79 Å². The van der Waals surface area contributed by atoms with E-state index in [-0.39, 0.29) is 5.91 Å². The molecule has 2 N–H and O–H groups in total. The Morgan fingerprint density at radius 3 is 2.67 bits per heavy atom. The maximum absolute atomic E-state index is 12.6. The summed E-state index contributed by atoms with van der Waals surface area (Å²) in [6.07, 6.45) is 3.91. The molecule has 1 aliphatic heterocycles. The predicted molar refractivity (Wildman–Crippen MR) is 90.5 cm³/mol. The molecule has 0 saturated carbocycles. The van der Waals surface area contributed by atoms with Crippen molar-refractivity contribution in [3.8, 4) is 5.69 Å². The molecule has 0 bridgehead atoms. The molecule has 0 unspecified atom stereocenters. The molecule has 1 aromatic heterocycles. The van der Waals surface area contributed by atoms with Gasteiger partial charge in [-0.2, -0.15) is 16.9 Å². The summed E-state index contributed by atoms with van der Waals surface area (Å²) in [5.74, 6) is 0.137. The molecule has 1 aliphatic rings. The number of hydrogen-bond donors (Lipinski definition) is 2. The average molecular weight is 346 g/mol. The number of benzene rings is 1. The Hall–Kier alpha value is -2.35. The van der Waals surface area contributed by atoms with Crippen LogP contribution in [0, 0.1) is 6.92 Å². The van der Waals surface area contributed by atoms with Gasteiger partial charge < -0.3 is 10.4 Å². The van der Waals surface area contributed by atoms with Gasteiger partial charge in [-0.15, -0.1) is 0 Å². The molecule has 0 spiro atoms. The second-order valence-corrected chi connectivity index (χ2v) is 7.02. The molecule has 126 valence electrons. The molecule has 0 radical (unpaired) electrons. The minimum Gasteiger partial charge on any atom is -0.480 e. The number of thioether (sulfide) groups is 1. The first-order chi connectivity index (χ1) is 11.5. The normalized spacial score (nSPS) is 16.5. The fraction of sp³-hybridized carbons (Fsp3) is 0.375. The number of carboxylic acid groups (broad SMARTS) is 1. The number of aromatic nitrogens is 3. The van der Waals surface area contributed by atoms with E-state index in [4.69, 9.17) is 0 Å².